The van der Waals surface area contributed by atoms with Gasteiger partial charge in [0.1, 0.15) is 7.85 Å². The SMILES string of the molecule is [B]c1ccc(C2(CC)CC2)cc1. The summed E-state index contributed by atoms with van der Waals surface area (Å²) in [5.74, 6) is 0. The lowest BCUT2D eigenvalue weighted by atomic mass is 9.89. The fourth-order valence-corrected chi connectivity index (χ4v) is 1.83. The van der Waals surface area contributed by atoms with Gasteiger partial charge in [0.25, 0.3) is 0 Å². The number of benzene rings is 1. The van der Waals surface area contributed by atoms with Crippen molar-refractivity contribution in [3.8, 4) is 0 Å². The first-order chi connectivity index (χ1) is 5.77. The Bertz CT molecular complexity index is 270. The molecule has 0 bridgehead atoms. The quantitative estimate of drug-likeness (QED) is 0.574. The van der Waals surface area contributed by atoms with Crippen molar-refractivity contribution in [2.24, 2.45) is 0 Å². The van der Waals surface area contributed by atoms with Crippen LogP contribution in [0.3, 0.4) is 0 Å². The maximum Gasteiger partial charge on any atom is 0.113 e. The molecule has 1 heteroatoms. The van der Waals surface area contributed by atoms with Crippen LogP contribution < -0.4 is 5.46 Å². The van der Waals surface area contributed by atoms with E-state index in [-0.39, 0.29) is 0 Å². The lowest BCUT2D eigenvalue weighted by Gasteiger charge is -2.12. The molecule has 0 saturated heterocycles. The van der Waals surface area contributed by atoms with Crippen molar-refractivity contribution in [2.45, 2.75) is 31.6 Å². The maximum atomic E-state index is 5.63. The fourth-order valence-electron chi connectivity index (χ4n) is 1.83. The first-order valence-corrected chi connectivity index (χ1v) is 4.63. The molecule has 0 atom stereocenters. The van der Waals surface area contributed by atoms with Crippen molar-refractivity contribution >= 4 is 13.3 Å². The molecule has 1 aliphatic carbocycles. The maximum absolute atomic E-state index is 5.63. The number of hydrogen-bond acceptors (Lipinski definition) is 0. The van der Waals surface area contributed by atoms with Gasteiger partial charge in [0.15, 0.2) is 0 Å². The van der Waals surface area contributed by atoms with Crippen LogP contribution in [0.4, 0.5) is 0 Å². The monoisotopic (exact) mass is 156 g/mol. The summed E-state index contributed by atoms with van der Waals surface area (Å²) < 4.78 is 0. The zero-order chi connectivity index (χ0) is 8.60. The third-order valence-corrected chi connectivity index (χ3v) is 3.05. The normalized spacial score (nSPS) is 19.1. The highest BCUT2D eigenvalue weighted by Crippen LogP contribution is 2.50. The summed E-state index contributed by atoms with van der Waals surface area (Å²) >= 11 is 0. The zero-order valence-electron chi connectivity index (χ0n) is 7.51. The molecular formula is C11H13B. The molecule has 2 rings (SSSR count). The van der Waals surface area contributed by atoms with Gasteiger partial charge < -0.3 is 0 Å². The van der Waals surface area contributed by atoms with Gasteiger partial charge in [-0.15, -0.1) is 0 Å². The van der Waals surface area contributed by atoms with Crippen LogP contribution in [0.5, 0.6) is 0 Å². The predicted molar refractivity (Wildman–Crippen MR) is 53.0 cm³/mol. The Balaban J connectivity index is 2.29. The summed E-state index contributed by atoms with van der Waals surface area (Å²) in [5, 5.41) is 0. The minimum Gasteiger partial charge on any atom is -0.0967 e. The van der Waals surface area contributed by atoms with E-state index in [9.17, 15) is 0 Å². The number of hydrogen-bond donors (Lipinski definition) is 0. The molecule has 0 amide bonds. The fraction of sp³-hybridized carbons (Fsp3) is 0.455. The summed E-state index contributed by atoms with van der Waals surface area (Å²) in [7, 11) is 5.63. The third kappa shape index (κ3) is 1.18. The Kier molecular flexibility index (Phi) is 1.75. The summed E-state index contributed by atoms with van der Waals surface area (Å²) in [6.07, 6.45) is 3.97. The van der Waals surface area contributed by atoms with E-state index in [1.54, 1.807) is 0 Å². The first kappa shape index (κ1) is 7.91. The average molecular weight is 156 g/mol. The molecule has 1 aromatic rings. The molecule has 0 spiro atoms. The Morgan fingerprint density at radius 1 is 1.25 bits per heavy atom. The molecule has 0 aromatic heterocycles. The zero-order valence-corrected chi connectivity index (χ0v) is 7.51. The van der Waals surface area contributed by atoms with Crippen molar-refractivity contribution in [1.82, 2.24) is 0 Å². The van der Waals surface area contributed by atoms with Crippen molar-refractivity contribution in [3.63, 3.8) is 0 Å². The second-order valence-corrected chi connectivity index (χ2v) is 3.76. The molecule has 1 saturated carbocycles. The second kappa shape index (κ2) is 2.65. The molecule has 60 valence electrons. The van der Waals surface area contributed by atoms with E-state index in [1.165, 1.54) is 24.8 Å². The predicted octanol–water partition coefficient (Wildman–Crippen LogP) is 1.92. The van der Waals surface area contributed by atoms with Gasteiger partial charge in [-0.3, -0.25) is 0 Å². The van der Waals surface area contributed by atoms with E-state index in [0.717, 1.165) is 5.46 Å². The molecule has 1 aromatic carbocycles. The molecule has 0 nitrogen and oxygen atoms in total. The molecule has 0 aliphatic heterocycles. The van der Waals surface area contributed by atoms with Crippen LogP contribution in [0.15, 0.2) is 24.3 Å². The van der Waals surface area contributed by atoms with Gasteiger partial charge in [0.05, 0.1) is 0 Å². The van der Waals surface area contributed by atoms with E-state index >= 15 is 0 Å². The Hall–Kier alpha value is -0.715. The number of rotatable bonds is 2. The highest BCUT2D eigenvalue weighted by Gasteiger charge is 2.41. The average Bonchev–Trinajstić information content (AvgIpc) is 2.86. The van der Waals surface area contributed by atoms with Crippen molar-refractivity contribution < 1.29 is 0 Å². The third-order valence-electron chi connectivity index (χ3n) is 3.05. The second-order valence-electron chi connectivity index (χ2n) is 3.76. The Morgan fingerprint density at radius 2 is 1.83 bits per heavy atom. The molecule has 0 unspecified atom stereocenters. The van der Waals surface area contributed by atoms with Crippen LogP contribution in [-0.2, 0) is 5.41 Å². The minimum absolute atomic E-state index is 0.522. The highest BCUT2D eigenvalue weighted by molar-refractivity contribution is 6.32. The molecular weight excluding hydrogens is 143 g/mol. The van der Waals surface area contributed by atoms with Gasteiger partial charge in [-0.05, 0) is 30.2 Å². The van der Waals surface area contributed by atoms with E-state index in [2.05, 4.69) is 19.1 Å². The van der Waals surface area contributed by atoms with Gasteiger partial charge in [0, 0.05) is 0 Å². The molecule has 2 radical (unpaired) electrons. The van der Waals surface area contributed by atoms with Crippen molar-refractivity contribution in [3.05, 3.63) is 29.8 Å². The van der Waals surface area contributed by atoms with Gasteiger partial charge >= 0.3 is 0 Å². The van der Waals surface area contributed by atoms with Gasteiger partial charge in [-0.2, -0.15) is 0 Å². The first-order valence-electron chi connectivity index (χ1n) is 4.63. The smallest absolute Gasteiger partial charge is 0.0967 e. The Labute approximate surface area is 75.4 Å². The Morgan fingerprint density at radius 3 is 2.25 bits per heavy atom. The van der Waals surface area contributed by atoms with E-state index in [4.69, 9.17) is 7.85 Å². The lowest BCUT2D eigenvalue weighted by molar-refractivity contribution is 0.664. The van der Waals surface area contributed by atoms with Crippen LogP contribution in [-0.4, -0.2) is 7.85 Å². The van der Waals surface area contributed by atoms with Gasteiger partial charge in [0.2, 0.25) is 0 Å². The van der Waals surface area contributed by atoms with Crippen LogP contribution in [0, 0.1) is 0 Å². The minimum atomic E-state index is 0.522. The molecule has 12 heavy (non-hydrogen) atoms. The largest absolute Gasteiger partial charge is 0.113 e. The van der Waals surface area contributed by atoms with Crippen molar-refractivity contribution in [2.75, 3.05) is 0 Å². The van der Waals surface area contributed by atoms with Gasteiger partial charge in [-0.1, -0.05) is 36.7 Å². The standard InChI is InChI=1S/C11H13B/c1-2-11(7-8-11)9-3-5-10(12)6-4-9/h3-6H,2,7-8H2,1H3. The molecule has 0 heterocycles. The lowest BCUT2D eigenvalue weighted by Crippen LogP contribution is -2.07. The van der Waals surface area contributed by atoms with E-state index in [0.29, 0.717) is 5.41 Å². The van der Waals surface area contributed by atoms with Crippen LogP contribution in [0.1, 0.15) is 31.7 Å². The molecule has 1 aliphatic rings. The van der Waals surface area contributed by atoms with Crippen LogP contribution >= 0.6 is 0 Å². The molecule has 1 fully saturated rings. The van der Waals surface area contributed by atoms with Crippen molar-refractivity contribution in [1.29, 1.82) is 0 Å². The summed E-state index contributed by atoms with van der Waals surface area (Å²) in [6, 6.07) is 8.35. The van der Waals surface area contributed by atoms with Gasteiger partial charge in [-0.25, -0.2) is 0 Å². The highest BCUT2D eigenvalue weighted by atomic mass is 14.5. The van der Waals surface area contributed by atoms with Crippen LogP contribution in [0.2, 0.25) is 0 Å². The molecule has 0 N–H and O–H groups in total. The summed E-state index contributed by atoms with van der Waals surface area (Å²) in [6.45, 7) is 2.27. The summed E-state index contributed by atoms with van der Waals surface area (Å²) in [5.41, 5.74) is 2.86. The topological polar surface area (TPSA) is 0 Å². The van der Waals surface area contributed by atoms with Crippen LogP contribution in [0.25, 0.3) is 0 Å². The van der Waals surface area contributed by atoms with E-state index in [1.807, 2.05) is 12.1 Å². The summed E-state index contributed by atoms with van der Waals surface area (Å²) in [4.78, 5) is 0. The van der Waals surface area contributed by atoms with E-state index < -0.39 is 0 Å².